The Morgan fingerprint density at radius 3 is 1.85 bits per heavy atom. The SMILES string of the molecule is CC(C)(C)N(C(=O)c1ccc(Cl)cc1)N(Cl)C(=O)c1ccc(Cl)c(Cl)c1. The smallest absolute Gasteiger partial charge is 0.267 e. The van der Waals surface area contributed by atoms with Gasteiger partial charge in [0.2, 0.25) is 0 Å². The average molecular weight is 434 g/mol. The lowest BCUT2D eigenvalue weighted by molar-refractivity contribution is -0.00370. The van der Waals surface area contributed by atoms with Crippen molar-refractivity contribution in [1.29, 1.82) is 0 Å². The van der Waals surface area contributed by atoms with Gasteiger partial charge in [0, 0.05) is 27.9 Å². The second-order valence-electron chi connectivity index (χ2n) is 6.49. The van der Waals surface area contributed by atoms with Gasteiger partial charge in [-0.1, -0.05) is 34.8 Å². The Labute approximate surface area is 172 Å². The molecule has 8 heteroatoms. The number of benzene rings is 2. The number of halogens is 4. The molecular formula is C18H16Cl4N2O2. The van der Waals surface area contributed by atoms with E-state index in [0.29, 0.717) is 15.6 Å². The summed E-state index contributed by atoms with van der Waals surface area (Å²) >= 11 is 24.0. The highest BCUT2D eigenvalue weighted by Crippen LogP contribution is 2.27. The van der Waals surface area contributed by atoms with Crippen molar-refractivity contribution in [2.45, 2.75) is 26.3 Å². The summed E-state index contributed by atoms with van der Waals surface area (Å²) in [4.78, 5) is 25.7. The highest BCUT2D eigenvalue weighted by atomic mass is 35.5. The van der Waals surface area contributed by atoms with Gasteiger partial charge in [-0.3, -0.25) is 9.59 Å². The maximum absolute atomic E-state index is 13.0. The molecule has 0 aliphatic heterocycles. The van der Waals surface area contributed by atoms with Crippen LogP contribution in [-0.2, 0) is 0 Å². The number of hydrazine groups is 1. The molecule has 0 saturated heterocycles. The van der Waals surface area contributed by atoms with Crippen LogP contribution in [0.3, 0.4) is 0 Å². The van der Waals surface area contributed by atoms with E-state index in [2.05, 4.69) is 0 Å². The molecule has 2 aromatic carbocycles. The number of amides is 2. The van der Waals surface area contributed by atoms with Crippen LogP contribution in [0.5, 0.6) is 0 Å². The van der Waals surface area contributed by atoms with E-state index in [1.54, 1.807) is 45.0 Å². The summed E-state index contributed by atoms with van der Waals surface area (Å²) in [6.07, 6.45) is 0. The van der Waals surface area contributed by atoms with Gasteiger partial charge in [-0.25, -0.2) is 5.01 Å². The minimum atomic E-state index is -0.773. The highest BCUT2D eigenvalue weighted by Gasteiger charge is 2.35. The van der Waals surface area contributed by atoms with Crippen molar-refractivity contribution in [3.05, 3.63) is 68.7 Å². The fourth-order valence-electron chi connectivity index (χ4n) is 2.19. The largest absolute Gasteiger partial charge is 0.287 e. The molecule has 26 heavy (non-hydrogen) atoms. The van der Waals surface area contributed by atoms with E-state index < -0.39 is 17.4 Å². The van der Waals surface area contributed by atoms with Crippen LogP contribution >= 0.6 is 46.6 Å². The highest BCUT2D eigenvalue weighted by molar-refractivity contribution is 6.42. The Morgan fingerprint density at radius 1 is 0.808 bits per heavy atom. The number of rotatable bonds is 2. The van der Waals surface area contributed by atoms with Crippen molar-refractivity contribution in [1.82, 2.24) is 9.54 Å². The summed E-state index contributed by atoms with van der Waals surface area (Å²) in [6, 6.07) is 10.7. The van der Waals surface area contributed by atoms with Gasteiger partial charge in [0.25, 0.3) is 11.8 Å². The van der Waals surface area contributed by atoms with E-state index in [1.807, 2.05) is 0 Å². The fraction of sp³-hybridized carbons (Fsp3) is 0.222. The third kappa shape index (κ3) is 4.63. The van der Waals surface area contributed by atoms with Crippen molar-refractivity contribution < 1.29 is 9.59 Å². The minimum absolute atomic E-state index is 0.201. The van der Waals surface area contributed by atoms with E-state index >= 15 is 0 Å². The van der Waals surface area contributed by atoms with Gasteiger partial charge in [-0.15, -0.1) is 0 Å². The minimum Gasteiger partial charge on any atom is -0.267 e. The number of carbonyl (C=O) groups is 2. The first-order chi connectivity index (χ1) is 12.0. The Bertz CT molecular complexity index is 832. The lowest BCUT2D eigenvalue weighted by atomic mass is 10.1. The second kappa shape index (κ2) is 8.05. The van der Waals surface area contributed by atoms with Gasteiger partial charge in [0.15, 0.2) is 0 Å². The van der Waals surface area contributed by atoms with Gasteiger partial charge in [-0.05, 0) is 63.2 Å². The van der Waals surface area contributed by atoms with Crippen LogP contribution in [0.25, 0.3) is 0 Å². The summed E-state index contributed by atoms with van der Waals surface area (Å²) in [6.45, 7) is 5.29. The quantitative estimate of drug-likeness (QED) is 0.424. The molecule has 2 rings (SSSR count). The van der Waals surface area contributed by atoms with Crippen molar-refractivity contribution in [3.63, 3.8) is 0 Å². The van der Waals surface area contributed by atoms with Crippen LogP contribution in [0.1, 0.15) is 41.5 Å². The Kier molecular flexibility index (Phi) is 6.46. The summed E-state index contributed by atoms with van der Waals surface area (Å²) in [7, 11) is 0. The van der Waals surface area contributed by atoms with E-state index in [4.69, 9.17) is 46.6 Å². The predicted octanol–water partition coefficient (Wildman–Crippen LogP) is 6.10. The summed E-state index contributed by atoms with van der Waals surface area (Å²) < 4.78 is 0.760. The summed E-state index contributed by atoms with van der Waals surface area (Å²) in [5, 5.41) is 2.20. The molecule has 0 spiro atoms. The topological polar surface area (TPSA) is 40.6 Å². The molecule has 0 aromatic heterocycles. The van der Waals surface area contributed by atoms with Crippen molar-refractivity contribution in [2.75, 3.05) is 0 Å². The standard InChI is InChI=1S/C18H16Cl4N2O2/c1-18(2,3)23(16(25)11-4-7-13(19)8-5-11)24(22)17(26)12-6-9-14(20)15(21)10-12/h4-10H,1-3H3. The second-order valence-corrected chi connectivity index (χ2v) is 8.06. The monoisotopic (exact) mass is 432 g/mol. The third-order valence-electron chi connectivity index (χ3n) is 3.43. The normalized spacial score (nSPS) is 11.2. The fourth-order valence-corrected chi connectivity index (χ4v) is 3.01. The van der Waals surface area contributed by atoms with E-state index in [-0.39, 0.29) is 10.6 Å². The molecule has 2 aromatic rings. The maximum Gasteiger partial charge on any atom is 0.287 e. The first kappa shape index (κ1) is 20.8. The molecule has 0 bridgehead atoms. The zero-order chi connectivity index (χ0) is 19.6. The van der Waals surface area contributed by atoms with Crippen LogP contribution in [0.4, 0.5) is 0 Å². The zero-order valence-corrected chi connectivity index (χ0v) is 17.3. The Balaban J connectivity index is 2.39. The Hall–Kier alpha value is -1.46. The maximum atomic E-state index is 13.0. The lowest BCUT2D eigenvalue weighted by Crippen LogP contribution is -2.54. The van der Waals surface area contributed by atoms with E-state index in [9.17, 15) is 9.59 Å². The van der Waals surface area contributed by atoms with Crippen LogP contribution in [0.2, 0.25) is 15.1 Å². The molecule has 0 unspecified atom stereocenters. The van der Waals surface area contributed by atoms with Gasteiger partial charge < -0.3 is 0 Å². The number of carbonyl (C=O) groups excluding carboxylic acids is 2. The molecule has 0 heterocycles. The number of nitrogens with zero attached hydrogens (tertiary/aromatic N) is 2. The molecule has 4 nitrogen and oxygen atoms in total. The predicted molar refractivity (Wildman–Crippen MR) is 106 cm³/mol. The molecule has 0 fully saturated rings. The molecule has 0 radical (unpaired) electrons. The van der Waals surface area contributed by atoms with Gasteiger partial charge in [-0.2, -0.15) is 4.53 Å². The third-order valence-corrected chi connectivity index (χ3v) is 4.72. The molecule has 2 amide bonds. The summed E-state index contributed by atoms with van der Waals surface area (Å²) in [5.74, 6) is -1.06. The first-order valence-electron chi connectivity index (χ1n) is 7.57. The van der Waals surface area contributed by atoms with Crippen LogP contribution in [0, 0.1) is 0 Å². The van der Waals surface area contributed by atoms with E-state index in [0.717, 1.165) is 4.53 Å². The molecule has 0 N–H and O–H groups in total. The van der Waals surface area contributed by atoms with Gasteiger partial charge in [0.05, 0.1) is 15.6 Å². The Morgan fingerprint density at radius 2 is 1.35 bits per heavy atom. The molecular weight excluding hydrogens is 418 g/mol. The van der Waals surface area contributed by atoms with E-state index in [1.165, 1.54) is 23.2 Å². The average Bonchev–Trinajstić information content (AvgIpc) is 2.56. The van der Waals surface area contributed by atoms with Crippen LogP contribution in [-0.4, -0.2) is 26.9 Å². The van der Waals surface area contributed by atoms with Crippen LogP contribution in [0.15, 0.2) is 42.5 Å². The lowest BCUT2D eigenvalue weighted by Gasteiger charge is -2.39. The molecule has 0 atom stereocenters. The molecule has 0 aliphatic rings. The molecule has 0 aliphatic carbocycles. The van der Waals surface area contributed by atoms with Gasteiger partial charge >= 0.3 is 0 Å². The van der Waals surface area contributed by atoms with Crippen LogP contribution < -0.4 is 0 Å². The summed E-state index contributed by atoms with van der Waals surface area (Å²) in [5.41, 5.74) is -0.228. The van der Waals surface area contributed by atoms with Crippen molar-refractivity contribution in [3.8, 4) is 0 Å². The number of hydrogen-bond donors (Lipinski definition) is 0. The molecule has 0 saturated carbocycles. The first-order valence-corrected chi connectivity index (χ1v) is 9.05. The zero-order valence-electron chi connectivity index (χ0n) is 14.3. The molecule has 138 valence electrons. The van der Waals surface area contributed by atoms with Crippen molar-refractivity contribution >= 4 is 58.4 Å². The van der Waals surface area contributed by atoms with Crippen molar-refractivity contribution in [2.24, 2.45) is 0 Å². The number of hydrogen-bond acceptors (Lipinski definition) is 2. The van der Waals surface area contributed by atoms with Gasteiger partial charge in [0.1, 0.15) is 0 Å².